The van der Waals surface area contributed by atoms with Crippen molar-refractivity contribution in [3.63, 3.8) is 0 Å². The third-order valence-corrected chi connectivity index (χ3v) is 3.61. The Labute approximate surface area is 86.7 Å². The molecule has 2 aliphatic rings. The van der Waals surface area contributed by atoms with E-state index in [1.807, 2.05) is 0 Å². The fourth-order valence-electron chi connectivity index (χ4n) is 2.70. The Balaban J connectivity index is 1.79. The van der Waals surface area contributed by atoms with Crippen LogP contribution >= 0.6 is 0 Å². The van der Waals surface area contributed by atoms with Crippen molar-refractivity contribution >= 4 is 5.78 Å². The molecule has 14 heavy (non-hydrogen) atoms. The Kier molecular flexibility index (Phi) is 3.57. The van der Waals surface area contributed by atoms with E-state index < -0.39 is 0 Å². The van der Waals surface area contributed by atoms with Crippen molar-refractivity contribution in [2.24, 2.45) is 5.92 Å². The molecule has 2 rings (SSSR count). The number of Topliss-reactive ketones (excluding diaryl/α,β-unsaturated/α-hetero) is 1. The molecule has 1 aliphatic carbocycles. The number of carbonyl (C=O) groups excluding carboxylic acids is 1. The number of piperidine rings is 1. The first-order valence-electron chi connectivity index (χ1n) is 6.11. The lowest BCUT2D eigenvalue weighted by Gasteiger charge is -2.31. The van der Waals surface area contributed by atoms with Crippen LogP contribution in [0.1, 0.15) is 44.9 Å². The van der Waals surface area contributed by atoms with Crippen molar-refractivity contribution in [1.29, 1.82) is 0 Å². The minimum absolute atomic E-state index is 0.377. The fraction of sp³-hybridized carbons (Fsp3) is 0.917. The second-order valence-electron chi connectivity index (χ2n) is 4.77. The number of ketones is 1. The molecule has 0 aromatic carbocycles. The summed E-state index contributed by atoms with van der Waals surface area (Å²) in [4.78, 5) is 14.1. The van der Waals surface area contributed by atoms with E-state index in [4.69, 9.17) is 0 Å². The van der Waals surface area contributed by atoms with E-state index in [2.05, 4.69) is 4.90 Å². The summed E-state index contributed by atoms with van der Waals surface area (Å²) in [5.74, 6) is 0.906. The van der Waals surface area contributed by atoms with Crippen LogP contribution in [0.5, 0.6) is 0 Å². The van der Waals surface area contributed by atoms with E-state index in [-0.39, 0.29) is 0 Å². The second kappa shape index (κ2) is 4.92. The van der Waals surface area contributed by atoms with Gasteiger partial charge in [-0.05, 0) is 38.8 Å². The predicted octanol–water partition coefficient (Wildman–Crippen LogP) is 2.23. The van der Waals surface area contributed by atoms with Crippen molar-refractivity contribution in [3.05, 3.63) is 0 Å². The number of likely N-dealkylation sites (tertiary alicyclic amines) is 1. The van der Waals surface area contributed by atoms with Gasteiger partial charge in [-0.15, -0.1) is 0 Å². The van der Waals surface area contributed by atoms with Crippen molar-refractivity contribution in [1.82, 2.24) is 4.90 Å². The van der Waals surface area contributed by atoms with E-state index >= 15 is 0 Å². The summed E-state index contributed by atoms with van der Waals surface area (Å²) in [7, 11) is 0. The molecule has 0 spiro atoms. The van der Waals surface area contributed by atoms with Gasteiger partial charge in [0, 0.05) is 18.9 Å². The first-order chi connectivity index (χ1) is 6.86. The highest BCUT2D eigenvalue weighted by molar-refractivity contribution is 5.81. The van der Waals surface area contributed by atoms with Gasteiger partial charge in [0.25, 0.3) is 0 Å². The van der Waals surface area contributed by atoms with E-state index in [1.165, 1.54) is 38.8 Å². The maximum atomic E-state index is 11.6. The molecule has 0 N–H and O–H groups in total. The van der Waals surface area contributed by atoms with Gasteiger partial charge in [0.1, 0.15) is 5.78 Å². The smallest absolute Gasteiger partial charge is 0.137 e. The van der Waals surface area contributed by atoms with E-state index in [0.717, 1.165) is 25.8 Å². The molecule has 0 radical (unpaired) electrons. The molecule has 0 aromatic rings. The third kappa shape index (κ3) is 2.57. The number of rotatable bonds is 2. The molecule has 1 saturated carbocycles. The molecule has 0 aromatic heterocycles. The lowest BCUT2D eigenvalue weighted by molar-refractivity contribution is -0.125. The van der Waals surface area contributed by atoms with Crippen molar-refractivity contribution in [2.75, 3.05) is 19.6 Å². The molecule has 2 fully saturated rings. The number of hydrogen-bond acceptors (Lipinski definition) is 2. The number of carbonyl (C=O) groups is 1. The Bertz CT molecular complexity index is 196. The zero-order valence-corrected chi connectivity index (χ0v) is 9.00. The third-order valence-electron chi connectivity index (χ3n) is 3.61. The Morgan fingerprint density at radius 1 is 1.07 bits per heavy atom. The van der Waals surface area contributed by atoms with Gasteiger partial charge in [0.15, 0.2) is 0 Å². The summed E-state index contributed by atoms with van der Waals surface area (Å²) >= 11 is 0. The maximum Gasteiger partial charge on any atom is 0.137 e. The van der Waals surface area contributed by atoms with Crippen LogP contribution in [0.4, 0.5) is 0 Å². The first-order valence-corrected chi connectivity index (χ1v) is 6.11. The Hall–Kier alpha value is -0.370. The van der Waals surface area contributed by atoms with Crippen molar-refractivity contribution < 1.29 is 4.79 Å². The summed E-state index contributed by atoms with van der Waals surface area (Å²) in [5.41, 5.74) is 0. The lowest BCUT2D eigenvalue weighted by atomic mass is 9.87. The molecular weight excluding hydrogens is 174 g/mol. The van der Waals surface area contributed by atoms with Crippen LogP contribution in [0, 0.1) is 5.92 Å². The van der Waals surface area contributed by atoms with E-state index in [1.54, 1.807) is 0 Å². The van der Waals surface area contributed by atoms with Gasteiger partial charge in [-0.1, -0.05) is 12.8 Å². The topological polar surface area (TPSA) is 20.3 Å². The molecule has 80 valence electrons. The summed E-state index contributed by atoms with van der Waals surface area (Å²) in [6.07, 6.45) is 8.45. The maximum absolute atomic E-state index is 11.6. The Morgan fingerprint density at radius 3 is 2.57 bits per heavy atom. The highest BCUT2D eigenvalue weighted by Crippen LogP contribution is 2.22. The molecule has 2 nitrogen and oxygen atoms in total. The van der Waals surface area contributed by atoms with Crippen LogP contribution in [0.15, 0.2) is 0 Å². The quantitative estimate of drug-likeness (QED) is 0.673. The van der Waals surface area contributed by atoms with Gasteiger partial charge in [0.2, 0.25) is 0 Å². The second-order valence-corrected chi connectivity index (χ2v) is 4.77. The molecule has 1 heterocycles. The van der Waals surface area contributed by atoms with Crippen LogP contribution in [-0.2, 0) is 4.79 Å². The monoisotopic (exact) mass is 195 g/mol. The van der Waals surface area contributed by atoms with Crippen LogP contribution in [-0.4, -0.2) is 30.3 Å². The van der Waals surface area contributed by atoms with Gasteiger partial charge < -0.3 is 4.90 Å². The molecule has 0 bridgehead atoms. The molecule has 1 aliphatic heterocycles. The van der Waals surface area contributed by atoms with E-state index in [0.29, 0.717) is 11.7 Å². The van der Waals surface area contributed by atoms with Crippen molar-refractivity contribution in [3.8, 4) is 0 Å². The predicted molar refractivity (Wildman–Crippen MR) is 57.3 cm³/mol. The SMILES string of the molecule is O=C1CCCC[C@@H]1CN1CCCCC1. The largest absolute Gasteiger partial charge is 0.303 e. The van der Waals surface area contributed by atoms with Gasteiger partial charge in [-0.3, -0.25) is 4.79 Å². The standard InChI is InChI=1S/C12H21NO/c14-12-7-3-2-6-11(12)10-13-8-4-1-5-9-13/h11H,1-10H2/t11-/m1/s1. The lowest BCUT2D eigenvalue weighted by Crippen LogP contribution is -2.37. The zero-order valence-electron chi connectivity index (χ0n) is 9.00. The summed E-state index contributed by atoms with van der Waals surface area (Å²) in [5, 5.41) is 0. The Morgan fingerprint density at radius 2 is 1.86 bits per heavy atom. The van der Waals surface area contributed by atoms with Crippen LogP contribution in [0.3, 0.4) is 0 Å². The van der Waals surface area contributed by atoms with Crippen LogP contribution < -0.4 is 0 Å². The minimum Gasteiger partial charge on any atom is -0.303 e. The summed E-state index contributed by atoms with van der Waals surface area (Å²) in [6, 6.07) is 0. The number of nitrogens with zero attached hydrogens (tertiary/aromatic N) is 1. The normalized spacial score (nSPS) is 30.6. The minimum atomic E-state index is 0.377. The number of hydrogen-bond donors (Lipinski definition) is 0. The summed E-state index contributed by atoms with van der Waals surface area (Å²) < 4.78 is 0. The average Bonchev–Trinajstić information content (AvgIpc) is 2.23. The first kappa shape index (κ1) is 10.2. The average molecular weight is 195 g/mol. The van der Waals surface area contributed by atoms with Crippen LogP contribution in [0.25, 0.3) is 0 Å². The van der Waals surface area contributed by atoms with Crippen molar-refractivity contribution in [2.45, 2.75) is 44.9 Å². The zero-order chi connectivity index (χ0) is 9.80. The summed E-state index contributed by atoms with van der Waals surface area (Å²) in [6.45, 7) is 3.51. The molecular formula is C12H21NO. The fourth-order valence-corrected chi connectivity index (χ4v) is 2.70. The van der Waals surface area contributed by atoms with Crippen LogP contribution in [0.2, 0.25) is 0 Å². The highest BCUT2D eigenvalue weighted by Gasteiger charge is 2.24. The molecule has 1 atom stereocenters. The molecule has 1 saturated heterocycles. The van der Waals surface area contributed by atoms with E-state index in [9.17, 15) is 4.79 Å². The van der Waals surface area contributed by atoms with Gasteiger partial charge in [0.05, 0.1) is 0 Å². The van der Waals surface area contributed by atoms with Gasteiger partial charge in [-0.25, -0.2) is 0 Å². The van der Waals surface area contributed by atoms with Gasteiger partial charge in [-0.2, -0.15) is 0 Å². The molecule has 0 amide bonds. The van der Waals surface area contributed by atoms with Gasteiger partial charge >= 0.3 is 0 Å². The highest BCUT2D eigenvalue weighted by atomic mass is 16.1. The molecule has 0 unspecified atom stereocenters. The molecule has 2 heteroatoms.